The minimum atomic E-state index is -0.642. The number of nitrogens with one attached hydrogen (secondary N) is 2. The fraction of sp³-hybridized carbons (Fsp3) is 0.158. The van der Waals surface area contributed by atoms with Crippen LogP contribution in [0.15, 0.2) is 65.3 Å². The minimum Gasteiger partial charge on any atom is -0.357 e. The van der Waals surface area contributed by atoms with E-state index < -0.39 is 5.38 Å². The maximum Gasteiger partial charge on any atom is 0.243 e. The van der Waals surface area contributed by atoms with Gasteiger partial charge in [-0.1, -0.05) is 42.5 Å². The molecular weight excluding hydrogens is 322 g/mol. The van der Waals surface area contributed by atoms with Gasteiger partial charge in [-0.05, 0) is 31.5 Å². The SMILES string of the molecule is CC1=C(c2ccccc2)C(NC(=O)C(C)Cl)=Nc2ccccc2N1. The van der Waals surface area contributed by atoms with Crippen molar-refractivity contribution in [1.29, 1.82) is 0 Å². The van der Waals surface area contributed by atoms with Crippen molar-refractivity contribution in [2.45, 2.75) is 19.2 Å². The lowest BCUT2D eigenvalue weighted by Crippen LogP contribution is -2.36. The van der Waals surface area contributed by atoms with Crippen molar-refractivity contribution in [3.05, 3.63) is 65.9 Å². The molecule has 4 nitrogen and oxygen atoms in total. The zero-order valence-corrected chi connectivity index (χ0v) is 14.3. The second-order valence-electron chi connectivity index (χ2n) is 5.57. The molecule has 2 aromatic rings. The van der Waals surface area contributed by atoms with Crippen LogP contribution in [0, 0.1) is 0 Å². The average Bonchev–Trinajstić information content (AvgIpc) is 2.70. The highest BCUT2D eigenvalue weighted by molar-refractivity contribution is 6.35. The van der Waals surface area contributed by atoms with Crippen LogP contribution in [-0.4, -0.2) is 17.1 Å². The van der Waals surface area contributed by atoms with Crippen molar-refractivity contribution in [3.8, 4) is 0 Å². The molecule has 1 heterocycles. The van der Waals surface area contributed by atoms with Gasteiger partial charge in [0.05, 0.1) is 11.4 Å². The second-order valence-corrected chi connectivity index (χ2v) is 6.23. The van der Waals surface area contributed by atoms with Crippen molar-refractivity contribution >= 4 is 40.3 Å². The molecule has 3 rings (SSSR count). The molecule has 0 spiro atoms. The molecule has 0 aliphatic carbocycles. The lowest BCUT2D eigenvalue weighted by atomic mass is 10.0. The summed E-state index contributed by atoms with van der Waals surface area (Å²) in [4.78, 5) is 16.8. The highest BCUT2D eigenvalue weighted by atomic mass is 35.5. The van der Waals surface area contributed by atoms with Crippen molar-refractivity contribution in [2.75, 3.05) is 5.32 Å². The molecule has 24 heavy (non-hydrogen) atoms. The molecule has 1 amide bonds. The predicted octanol–water partition coefficient (Wildman–Crippen LogP) is 4.32. The molecule has 0 saturated heterocycles. The van der Waals surface area contributed by atoms with Crippen molar-refractivity contribution in [3.63, 3.8) is 0 Å². The first kappa shape index (κ1) is 16.3. The van der Waals surface area contributed by atoms with E-state index in [9.17, 15) is 4.79 Å². The van der Waals surface area contributed by atoms with Crippen molar-refractivity contribution < 1.29 is 4.79 Å². The quantitative estimate of drug-likeness (QED) is 0.801. The van der Waals surface area contributed by atoms with E-state index in [0.29, 0.717) is 5.84 Å². The molecule has 0 aromatic heterocycles. The van der Waals surface area contributed by atoms with Crippen LogP contribution in [0.25, 0.3) is 5.57 Å². The number of amides is 1. The third kappa shape index (κ3) is 3.34. The van der Waals surface area contributed by atoms with Crippen LogP contribution in [0.2, 0.25) is 0 Å². The lowest BCUT2D eigenvalue weighted by Gasteiger charge is -2.15. The smallest absolute Gasteiger partial charge is 0.243 e. The Morgan fingerprint density at radius 1 is 1.12 bits per heavy atom. The summed E-state index contributed by atoms with van der Waals surface area (Å²) in [6.07, 6.45) is 0. The zero-order valence-electron chi connectivity index (χ0n) is 13.5. The van der Waals surface area contributed by atoms with Gasteiger partial charge >= 0.3 is 0 Å². The molecule has 122 valence electrons. The van der Waals surface area contributed by atoms with Crippen molar-refractivity contribution in [2.24, 2.45) is 4.99 Å². The number of para-hydroxylation sites is 2. The number of alkyl halides is 1. The maximum atomic E-state index is 12.2. The molecule has 0 bridgehead atoms. The summed E-state index contributed by atoms with van der Waals surface area (Å²) in [6.45, 7) is 3.61. The van der Waals surface area contributed by atoms with Gasteiger partial charge < -0.3 is 10.6 Å². The number of carbonyl (C=O) groups excluding carboxylic acids is 1. The van der Waals surface area contributed by atoms with Crippen LogP contribution in [0.3, 0.4) is 0 Å². The van der Waals surface area contributed by atoms with Gasteiger partial charge in [0.15, 0.2) is 0 Å². The number of anilines is 1. The number of hydrogen-bond donors (Lipinski definition) is 2. The monoisotopic (exact) mass is 339 g/mol. The molecule has 0 radical (unpaired) electrons. The Morgan fingerprint density at radius 2 is 1.79 bits per heavy atom. The molecule has 2 aromatic carbocycles. The average molecular weight is 340 g/mol. The second kappa shape index (κ2) is 6.89. The molecule has 1 aliphatic heterocycles. The third-order valence-corrected chi connectivity index (χ3v) is 3.93. The Morgan fingerprint density at radius 3 is 2.50 bits per heavy atom. The van der Waals surface area contributed by atoms with E-state index in [4.69, 9.17) is 11.6 Å². The van der Waals surface area contributed by atoms with E-state index in [2.05, 4.69) is 15.6 Å². The van der Waals surface area contributed by atoms with E-state index in [1.165, 1.54) is 0 Å². The molecule has 0 saturated carbocycles. The van der Waals surface area contributed by atoms with Crippen LogP contribution in [0.1, 0.15) is 19.4 Å². The largest absolute Gasteiger partial charge is 0.357 e. The first-order valence-electron chi connectivity index (χ1n) is 7.72. The molecule has 2 N–H and O–H groups in total. The van der Waals surface area contributed by atoms with Crippen LogP contribution in [0.5, 0.6) is 0 Å². The summed E-state index contributed by atoms with van der Waals surface area (Å²) in [5.41, 5.74) is 4.38. The van der Waals surface area contributed by atoms with Crippen LogP contribution >= 0.6 is 11.6 Å². The van der Waals surface area contributed by atoms with Gasteiger partial charge in [-0.25, -0.2) is 4.99 Å². The predicted molar refractivity (Wildman–Crippen MR) is 99.7 cm³/mol. The number of nitrogens with zero attached hydrogens (tertiary/aromatic N) is 1. The molecule has 5 heteroatoms. The highest BCUT2D eigenvalue weighted by Gasteiger charge is 2.21. The number of carbonyl (C=O) groups is 1. The first-order valence-corrected chi connectivity index (χ1v) is 8.16. The number of amidine groups is 1. The van der Waals surface area contributed by atoms with E-state index in [0.717, 1.165) is 28.2 Å². The third-order valence-electron chi connectivity index (χ3n) is 3.74. The Labute approximate surface area is 146 Å². The number of hydrogen-bond acceptors (Lipinski definition) is 3. The summed E-state index contributed by atoms with van der Waals surface area (Å²) in [5.74, 6) is 0.213. The number of allylic oxidation sites excluding steroid dienone is 1. The van der Waals surface area contributed by atoms with Crippen LogP contribution in [-0.2, 0) is 4.79 Å². The number of benzene rings is 2. The van der Waals surface area contributed by atoms with Gasteiger partial charge in [-0.15, -0.1) is 11.6 Å². The summed E-state index contributed by atoms with van der Waals surface area (Å²) in [5, 5.41) is 5.60. The number of halogens is 1. The normalized spacial score (nSPS) is 14.9. The minimum absolute atomic E-state index is 0.281. The van der Waals surface area contributed by atoms with Crippen LogP contribution in [0.4, 0.5) is 11.4 Å². The molecule has 1 atom stereocenters. The van der Waals surface area contributed by atoms with E-state index in [-0.39, 0.29) is 5.91 Å². The van der Waals surface area contributed by atoms with Gasteiger partial charge in [0.1, 0.15) is 11.2 Å². The van der Waals surface area contributed by atoms with Gasteiger partial charge in [0, 0.05) is 11.3 Å². The Hall–Kier alpha value is -2.59. The number of aliphatic imine (C=N–C) groups is 1. The fourth-order valence-corrected chi connectivity index (χ4v) is 2.61. The topological polar surface area (TPSA) is 53.5 Å². The van der Waals surface area contributed by atoms with Gasteiger partial charge in [-0.2, -0.15) is 0 Å². The summed E-state index contributed by atoms with van der Waals surface area (Å²) < 4.78 is 0. The van der Waals surface area contributed by atoms with Gasteiger partial charge in [0.25, 0.3) is 0 Å². The van der Waals surface area contributed by atoms with Crippen molar-refractivity contribution in [1.82, 2.24) is 5.32 Å². The standard InChI is InChI=1S/C19H18ClN3O/c1-12(20)19(24)23-18-17(14-8-4-3-5-9-14)13(2)21-15-10-6-7-11-16(15)22-18/h3-12,21H,1-2H3,(H,22,23,24). The summed E-state index contributed by atoms with van der Waals surface area (Å²) in [6, 6.07) is 17.6. The summed E-state index contributed by atoms with van der Waals surface area (Å²) in [7, 11) is 0. The van der Waals surface area contributed by atoms with E-state index >= 15 is 0 Å². The maximum absolute atomic E-state index is 12.2. The van der Waals surface area contributed by atoms with E-state index in [1.807, 2.05) is 61.5 Å². The highest BCUT2D eigenvalue weighted by Crippen LogP contribution is 2.32. The zero-order chi connectivity index (χ0) is 17.1. The Bertz CT molecular complexity index is 826. The molecule has 0 fully saturated rings. The first-order chi connectivity index (χ1) is 11.6. The lowest BCUT2D eigenvalue weighted by molar-refractivity contribution is -0.119. The number of fused-ring (bicyclic) bond motifs is 1. The van der Waals surface area contributed by atoms with Crippen LogP contribution < -0.4 is 10.6 Å². The number of rotatable bonds is 2. The fourth-order valence-electron chi connectivity index (χ4n) is 2.56. The van der Waals surface area contributed by atoms with Gasteiger partial charge in [-0.3, -0.25) is 4.79 Å². The van der Waals surface area contributed by atoms with Gasteiger partial charge in [0.2, 0.25) is 5.91 Å². The molecule has 1 aliphatic rings. The Balaban J connectivity index is 2.14. The molecular formula is C19H18ClN3O. The Kier molecular flexibility index (Phi) is 4.67. The van der Waals surface area contributed by atoms with E-state index in [1.54, 1.807) is 6.92 Å². The summed E-state index contributed by atoms with van der Waals surface area (Å²) >= 11 is 5.92. The molecule has 1 unspecified atom stereocenters.